The Morgan fingerprint density at radius 2 is 2.10 bits per heavy atom. The van der Waals surface area contributed by atoms with E-state index in [1.807, 2.05) is 6.92 Å². The van der Waals surface area contributed by atoms with Gasteiger partial charge in [0.1, 0.15) is 0 Å². The van der Waals surface area contributed by atoms with Crippen molar-refractivity contribution in [1.82, 2.24) is 14.8 Å². The molecule has 1 aromatic heterocycles. The molecule has 0 unspecified atom stereocenters. The summed E-state index contributed by atoms with van der Waals surface area (Å²) in [5.41, 5.74) is 0. The summed E-state index contributed by atoms with van der Waals surface area (Å²) in [4.78, 5) is 3.86. The molecule has 0 spiro atoms. The second-order valence-corrected chi connectivity index (χ2v) is 2.33. The normalized spacial score (nSPS) is 9.10. The first kappa shape index (κ1) is 11.5. The molecule has 0 saturated carbocycles. The van der Waals surface area contributed by atoms with E-state index >= 15 is 0 Å². The van der Waals surface area contributed by atoms with E-state index in [1.54, 1.807) is 4.68 Å². The van der Waals surface area contributed by atoms with Gasteiger partial charge in [0.25, 0.3) is 0 Å². The minimum atomic E-state index is 0. The molecule has 0 aromatic carbocycles. The van der Waals surface area contributed by atoms with Gasteiger partial charge >= 0.3 is 51.4 Å². The van der Waals surface area contributed by atoms with E-state index in [0.717, 1.165) is 6.54 Å². The molecule has 6 heteroatoms. The summed E-state index contributed by atoms with van der Waals surface area (Å²) in [6, 6.07) is 0. The summed E-state index contributed by atoms with van der Waals surface area (Å²) in [7, 11) is 0. The van der Waals surface area contributed by atoms with Gasteiger partial charge in [-0.2, -0.15) is 4.98 Å². The molecule has 10 heavy (non-hydrogen) atoms. The van der Waals surface area contributed by atoms with E-state index in [4.69, 9.17) is 0 Å². The number of aromatic nitrogens is 3. The zero-order chi connectivity index (χ0) is 6.85. The van der Waals surface area contributed by atoms with Crippen molar-refractivity contribution in [1.29, 1.82) is 0 Å². The second kappa shape index (κ2) is 5.18. The van der Waals surface area contributed by atoms with Crippen LogP contribution in [0, 0.1) is 0 Å². The van der Waals surface area contributed by atoms with Gasteiger partial charge in [-0.15, -0.1) is 30.4 Å². The van der Waals surface area contributed by atoms with Crippen molar-refractivity contribution in [3.63, 3.8) is 0 Å². The van der Waals surface area contributed by atoms with E-state index in [9.17, 15) is 0 Å². The van der Waals surface area contributed by atoms with E-state index in [-0.39, 0.29) is 51.4 Å². The monoisotopic (exact) mass is 201 g/mol. The summed E-state index contributed by atoms with van der Waals surface area (Å²) >= 11 is 7.98. The molecule has 1 aromatic rings. The Morgan fingerprint density at radius 3 is 2.30 bits per heavy atom. The van der Waals surface area contributed by atoms with Crippen LogP contribution in [0.5, 0.6) is 0 Å². The minimum absolute atomic E-state index is 0. The molecule has 3 nitrogen and oxygen atoms in total. The third-order valence-corrected chi connectivity index (χ3v) is 1.46. The molecule has 1 rings (SSSR count). The van der Waals surface area contributed by atoms with Crippen LogP contribution < -0.4 is 0 Å². The first-order valence-corrected chi connectivity index (χ1v) is 3.46. The van der Waals surface area contributed by atoms with Gasteiger partial charge in [-0.05, 0) is 6.92 Å². The predicted molar refractivity (Wildman–Crippen MR) is 47.3 cm³/mol. The maximum atomic E-state index is 4.04. The average Bonchev–Trinajstić information content (AvgIpc) is 2.10. The molecule has 0 aliphatic heterocycles. The molecule has 52 valence electrons. The molecule has 0 N–H and O–H groups in total. The van der Waals surface area contributed by atoms with Crippen molar-refractivity contribution in [2.45, 2.75) is 23.8 Å². The fraction of sp³-hybridized carbons (Fsp3) is 0.500. The van der Waals surface area contributed by atoms with Crippen molar-refractivity contribution in [3.05, 3.63) is 0 Å². The van der Waals surface area contributed by atoms with Crippen LogP contribution in [-0.2, 0) is 6.54 Å². The van der Waals surface area contributed by atoms with Crippen LogP contribution in [-0.4, -0.2) is 66.1 Å². The fourth-order valence-corrected chi connectivity index (χ4v) is 1.10. The van der Waals surface area contributed by atoms with Crippen LogP contribution in [0.3, 0.4) is 0 Å². The molecule has 0 fully saturated rings. The number of nitrogens with zero attached hydrogens (tertiary/aromatic N) is 3. The van der Waals surface area contributed by atoms with Crippen LogP contribution in [0.2, 0.25) is 0 Å². The SMILES string of the molecule is CCn1nc(S)nc1S.[KH]. The topological polar surface area (TPSA) is 30.7 Å². The second-order valence-electron chi connectivity index (χ2n) is 1.53. The third kappa shape index (κ3) is 2.84. The Bertz CT molecular complexity index is 212. The van der Waals surface area contributed by atoms with Crippen molar-refractivity contribution in [2.75, 3.05) is 0 Å². The molecule has 0 aliphatic rings. The zero-order valence-corrected chi connectivity index (χ0v) is 6.73. The van der Waals surface area contributed by atoms with E-state index in [0.29, 0.717) is 10.3 Å². The number of hydrogen-bond acceptors (Lipinski definition) is 4. The van der Waals surface area contributed by atoms with Crippen molar-refractivity contribution in [3.8, 4) is 0 Å². The molecule has 0 amide bonds. The molecular weight excluding hydrogens is 193 g/mol. The Kier molecular flexibility index (Phi) is 5.95. The number of hydrogen-bond donors (Lipinski definition) is 2. The van der Waals surface area contributed by atoms with Crippen molar-refractivity contribution in [2.24, 2.45) is 0 Å². The molecule has 1 heterocycles. The van der Waals surface area contributed by atoms with Crippen molar-refractivity contribution >= 4 is 76.6 Å². The van der Waals surface area contributed by atoms with Gasteiger partial charge in [-0.1, -0.05) is 0 Å². The van der Waals surface area contributed by atoms with E-state index in [1.165, 1.54) is 0 Å². The standard InChI is InChI=1S/C4H7N3S2.K.H/c1-2-7-4(9)5-3(8)6-7;;/h2H2,1H3,(H2,5,6,8,9);;. The fourth-order valence-electron chi connectivity index (χ4n) is 0.534. The first-order valence-electron chi connectivity index (χ1n) is 2.56. The van der Waals surface area contributed by atoms with Gasteiger partial charge in [-0.3, -0.25) is 0 Å². The van der Waals surface area contributed by atoms with Crippen LogP contribution in [0.15, 0.2) is 10.3 Å². The van der Waals surface area contributed by atoms with Crippen LogP contribution in [0.25, 0.3) is 0 Å². The Balaban J connectivity index is 0.000000810. The molecule has 0 radical (unpaired) electrons. The van der Waals surface area contributed by atoms with Gasteiger partial charge in [0.2, 0.25) is 5.16 Å². The van der Waals surface area contributed by atoms with E-state index < -0.39 is 0 Å². The average molecular weight is 201 g/mol. The van der Waals surface area contributed by atoms with Gasteiger partial charge in [0.05, 0.1) is 0 Å². The predicted octanol–water partition coefficient (Wildman–Crippen LogP) is 0.227. The number of rotatable bonds is 1. The Hall–Kier alpha value is 1.48. The first-order chi connectivity index (χ1) is 4.24. The zero-order valence-electron chi connectivity index (χ0n) is 4.94. The summed E-state index contributed by atoms with van der Waals surface area (Å²) in [5, 5.41) is 5.01. The van der Waals surface area contributed by atoms with Gasteiger partial charge in [-0.25, -0.2) is 4.68 Å². The molecule has 0 atom stereocenters. The van der Waals surface area contributed by atoms with Gasteiger partial charge in [0, 0.05) is 6.54 Å². The summed E-state index contributed by atoms with van der Waals surface area (Å²) < 4.78 is 1.67. The number of aryl methyl sites for hydroxylation is 1. The quantitative estimate of drug-likeness (QED) is 0.503. The number of thiol groups is 2. The molecule has 0 bridgehead atoms. The molecule has 0 saturated heterocycles. The van der Waals surface area contributed by atoms with Gasteiger partial charge < -0.3 is 0 Å². The summed E-state index contributed by atoms with van der Waals surface area (Å²) in [5.74, 6) is 0. The third-order valence-electron chi connectivity index (χ3n) is 0.941. The van der Waals surface area contributed by atoms with Crippen LogP contribution >= 0.6 is 25.3 Å². The van der Waals surface area contributed by atoms with E-state index in [2.05, 4.69) is 35.3 Å². The molecule has 0 aliphatic carbocycles. The Morgan fingerprint density at radius 1 is 1.50 bits per heavy atom. The Labute approximate surface area is 113 Å². The van der Waals surface area contributed by atoms with Crippen LogP contribution in [0.4, 0.5) is 0 Å². The van der Waals surface area contributed by atoms with Crippen LogP contribution in [0.1, 0.15) is 6.92 Å². The van der Waals surface area contributed by atoms with Gasteiger partial charge in [0.15, 0.2) is 5.16 Å². The van der Waals surface area contributed by atoms with Crippen molar-refractivity contribution < 1.29 is 0 Å². The maximum absolute atomic E-state index is 4.04. The summed E-state index contributed by atoms with van der Waals surface area (Å²) in [6.07, 6.45) is 0. The summed E-state index contributed by atoms with van der Waals surface area (Å²) in [6.45, 7) is 2.76. The molecular formula is C4H8KN3S2.